The van der Waals surface area contributed by atoms with Gasteiger partial charge in [-0.3, -0.25) is 15.0 Å². The molecule has 3 atom stereocenters. The van der Waals surface area contributed by atoms with E-state index in [9.17, 15) is 10.0 Å². The number of hydrogen-bond acceptors (Lipinski definition) is 6. The number of nitrogens with one attached hydrogen (secondary N) is 3. The van der Waals surface area contributed by atoms with Crippen LogP contribution in [0, 0.1) is 12.1 Å². The molecule has 3 aliphatic heterocycles. The maximum atomic E-state index is 14.4. The Kier molecular flexibility index (Phi) is 7.38. The second-order valence-corrected chi connectivity index (χ2v) is 9.69. The largest absolute Gasteiger partial charge is 0.628 e. The van der Waals surface area contributed by atoms with Gasteiger partial charge in [0.25, 0.3) is 0 Å². The maximum absolute atomic E-state index is 14.4. The Hall–Kier alpha value is -3.17. The lowest BCUT2D eigenvalue weighted by Crippen LogP contribution is -3.09. The second kappa shape index (κ2) is 10.8. The number of benzene rings is 2. The van der Waals surface area contributed by atoms with Gasteiger partial charge >= 0.3 is 0 Å². The molecular formula is C28H35N5O3. The van der Waals surface area contributed by atoms with Crippen LogP contribution in [0.15, 0.2) is 72.1 Å². The molecule has 5 rings (SSSR count). The molecule has 0 radical (unpaired) electrons. The van der Waals surface area contributed by atoms with Gasteiger partial charge in [-0.25, -0.2) is 0 Å². The number of hydroxylamine groups is 2. The fourth-order valence-corrected chi connectivity index (χ4v) is 5.29. The van der Waals surface area contributed by atoms with Crippen molar-refractivity contribution < 1.29 is 14.6 Å². The molecule has 2 aromatic carbocycles. The Morgan fingerprint density at radius 3 is 2.53 bits per heavy atom. The lowest BCUT2D eigenvalue weighted by Gasteiger charge is -2.43. The number of amides is 1. The zero-order valence-corrected chi connectivity index (χ0v) is 21.0. The van der Waals surface area contributed by atoms with Gasteiger partial charge in [0.1, 0.15) is 11.7 Å². The van der Waals surface area contributed by atoms with Crippen LogP contribution in [0.1, 0.15) is 23.6 Å². The highest BCUT2D eigenvalue weighted by Gasteiger charge is 2.36. The van der Waals surface area contributed by atoms with Crippen LogP contribution in [0.4, 0.5) is 0 Å². The molecule has 2 aromatic rings. The molecule has 0 spiro atoms. The Morgan fingerprint density at radius 2 is 1.81 bits per heavy atom. The fourth-order valence-electron chi connectivity index (χ4n) is 5.29. The standard InChI is InChI=1S/C28H35N5O3/c1-20-8-6-7-11-23(20)26-17-27(32-14-12-31(13-15-32)21(2)34)36-28-24(18-29-19-30-28)25(33(26)35)16-22-9-4-3-5-10-22/h3-11,17,25,27,29-30,33H,12-16,18-19H2,1-2H3/b26-17-. The summed E-state index contributed by atoms with van der Waals surface area (Å²) in [6.07, 6.45) is 2.20. The van der Waals surface area contributed by atoms with Gasteiger partial charge in [-0.05, 0) is 24.1 Å². The Labute approximate surface area is 212 Å². The number of aryl methyl sites for hydroxylation is 1. The second-order valence-electron chi connectivity index (χ2n) is 9.69. The summed E-state index contributed by atoms with van der Waals surface area (Å²) in [5.41, 5.74) is 4.78. The van der Waals surface area contributed by atoms with Crippen LogP contribution in [0.25, 0.3) is 5.70 Å². The highest BCUT2D eigenvalue weighted by atomic mass is 16.5. The molecule has 0 aliphatic carbocycles. The molecule has 0 saturated carbocycles. The number of hydrogen-bond donors (Lipinski definition) is 3. The lowest BCUT2D eigenvalue weighted by atomic mass is 9.95. The normalized spacial score (nSPS) is 26.6. The Balaban J connectivity index is 1.56. The summed E-state index contributed by atoms with van der Waals surface area (Å²) in [7, 11) is 0. The van der Waals surface area contributed by atoms with E-state index < -0.39 is 6.23 Å². The van der Waals surface area contributed by atoms with Gasteiger partial charge in [-0.2, -0.15) is 0 Å². The van der Waals surface area contributed by atoms with Crippen LogP contribution < -0.4 is 15.7 Å². The lowest BCUT2D eigenvalue weighted by molar-refractivity contribution is -0.793. The summed E-state index contributed by atoms with van der Waals surface area (Å²) < 4.78 is 6.66. The van der Waals surface area contributed by atoms with E-state index in [1.807, 2.05) is 60.4 Å². The maximum Gasteiger partial charge on any atom is 0.219 e. The van der Waals surface area contributed by atoms with Crippen molar-refractivity contribution in [1.29, 1.82) is 0 Å². The number of nitrogens with zero attached hydrogens (tertiary/aromatic N) is 2. The number of carbonyl (C=O) groups excluding carboxylic acids is 1. The van der Waals surface area contributed by atoms with E-state index in [1.165, 1.54) is 0 Å². The summed E-state index contributed by atoms with van der Waals surface area (Å²) in [5.74, 6) is 0.787. The smallest absolute Gasteiger partial charge is 0.219 e. The molecule has 0 bridgehead atoms. The first-order valence-electron chi connectivity index (χ1n) is 12.7. The van der Waals surface area contributed by atoms with Gasteiger partial charge < -0.3 is 25.2 Å². The van der Waals surface area contributed by atoms with Gasteiger partial charge in [0, 0.05) is 57.7 Å². The van der Waals surface area contributed by atoms with Gasteiger partial charge in [-0.1, -0.05) is 48.5 Å². The van der Waals surface area contributed by atoms with Crippen LogP contribution in [0.2, 0.25) is 0 Å². The monoisotopic (exact) mass is 489 g/mol. The van der Waals surface area contributed by atoms with Crippen molar-refractivity contribution in [3.63, 3.8) is 0 Å². The molecule has 3 N–H and O–H groups in total. The number of carbonyl (C=O) groups is 1. The fraction of sp³-hybridized carbons (Fsp3) is 0.393. The van der Waals surface area contributed by atoms with Crippen molar-refractivity contribution in [3.8, 4) is 0 Å². The minimum atomic E-state index is -0.411. The first-order valence-corrected chi connectivity index (χ1v) is 12.7. The third-order valence-electron chi connectivity index (χ3n) is 7.37. The summed E-state index contributed by atoms with van der Waals surface area (Å²) in [6.45, 7) is 7.50. The highest BCUT2D eigenvalue weighted by Crippen LogP contribution is 2.25. The Morgan fingerprint density at radius 1 is 1.08 bits per heavy atom. The van der Waals surface area contributed by atoms with Gasteiger partial charge in [-0.15, -0.1) is 0 Å². The molecule has 8 nitrogen and oxygen atoms in total. The molecule has 3 unspecified atom stereocenters. The van der Waals surface area contributed by atoms with Crippen molar-refractivity contribution in [3.05, 3.63) is 94.0 Å². The van der Waals surface area contributed by atoms with Crippen LogP contribution in [-0.4, -0.2) is 67.4 Å². The van der Waals surface area contributed by atoms with Gasteiger partial charge in [0.15, 0.2) is 12.1 Å². The van der Waals surface area contributed by atoms with Crippen molar-refractivity contribution in [2.75, 3.05) is 39.4 Å². The molecule has 1 amide bonds. The first-order chi connectivity index (χ1) is 17.5. The van der Waals surface area contributed by atoms with Crippen molar-refractivity contribution in [2.24, 2.45) is 0 Å². The average molecular weight is 490 g/mol. The van der Waals surface area contributed by atoms with E-state index in [1.54, 1.807) is 6.92 Å². The molecule has 1 fully saturated rings. The number of quaternary nitrogens is 1. The molecule has 3 aliphatic rings. The predicted molar refractivity (Wildman–Crippen MR) is 139 cm³/mol. The van der Waals surface area contributed by atoms with E-state index in [0.29, 0.717) is 57.4 Å². The van der Waals surface area contributed by atoms with E-state index in [4.69, 9.17) is 4.74 Å². The van der Waals surface area contributed by atoms with Crippen molar-refractivity contribution in [2.45, 2.75) is 32.5 Å². The summed E-state index contributed by atoms with van der Waals surface area (Å²) >= 11 is 0. The SMILES string of the molecule is CC(=O)N1CCN(C2/C=C(/c3ccccc3C)[NH+]([O-])C(Cc3ccccc3)C3=C(NCNC3)O2)CC1. The molecule has 3 heterocycles. The number of rotatable bonds is 4. The molecular weight excluding hydrogens is 454 g/mol. The highest BCUT2D eigenvalue weighted by molar-refractivity contribution is 5.73. The predicted octanol–water partition coefficient (Wildman–Crippen LogP) is 1.21. The van der Waals surface area contributed by atoms with Gasteiger partial charge in [0.05, 0.1) is 12.2 Å². The summed E-state index contributed by atoms with van der Waals surface area (Å²) in [4.78, 5) is 15.9. The molecule has 36 heavy (non-hydrogen) atoms. The summed E-state index contributed by atoms with van der Waals surface area (Å²) in [6, 6.07) is 17.9. The topological polar surface area (TPSA) is 84.3 Å². The third kappa shape index (κ3) is 5.17. The molecule has 190 valence electrons. The van der Waals surface area contributed by atoms with Crippen LogP contribution in [-0.2, 0) is 16.0 Å². The third-order valence-corrected chi connectivity index (χ3v) is 7.37. The molecule has 0 aromatic heterocycles. The van der Waals surface area contributed by atoms with E-state index in [-0.39, 0.29) is 17.0 Å². The van der Waals surface area contributed by atoms with Crippen molar-refractivity contribution >= 4 is 11.6 Å². The minimum absolute atomic E-state index is 0.0910. The quantitative estimate of drug-likeness (QED) is 0.560. The van der Waals surface area contributed by atoms with E-state index in [0.717, 1.165) is 22.3 Å². The number of piperazine rings is 1. The first kappa shape index (κ1) is 24.5. The molecule has 1 saturated heterocycles. The van der Waals surface area contributed by atoms with Gasteiger partial charge in [0.2, 0.25) is 5.91 Å². The van der Waals surface area contributed by atoms with Crippen LogP contribution in [0.3, 0.4) is 0 Å². The molecule has 8 heteroatoms. The Bertz CT molecular complexity index is 1140. The zero-order valence-electron chi connectivity index (χ0n) is 21.0. The zero-order chi connectivity index (χ0) is 25.1. The number of ether oxygens (including phenoxy) is 1. The summed E-state index contributed by atoms with van der Waals surface area (Å²) in [5, 5.41) is 21.2. The minimum Gasteiger partial charge on any atom is -0.628 e. The average Bonchev–Trinajstić information content (AvgIpc) is 2.90. The van der Waals surface area contributed by atoms with Crippen LogP contribution in [0.5, 0.6) is 0 Å². The van der Waals surface area contributed by atoms with E-state index in [2.05, 4.69) is 27.7 Å². The van der Waals surface area contributed by atoms with E-state index >= 15 is 0 Å². The van der Waals surface area contributed by atoms with Crippen molar-refractivity contribution in [1.82, 2.24) is 20.4 Å². The van der Waals surface area contributed by atoms with Crippen LogP contribution >= 0.6 is 0 Å².